The highest BCUT2D eigenvalue weighted by Gasteiger charge is 2.38. The molecular weight excluding hydrogens is 265 g/mol. The highest BCUT2D eigenvalue weighted by molar-refractivity contribution is 7.92. The normalized spacial score (nSPS) is 24.4. The Kier molecular flexibility index (Phi) is 3.35. The third kappa shape index (κ3) is 2.54. The molecule has 0 bridgehead atoms. The molecule has 1 aromatic rings. The van der Waals surface area contributed by atoms with Crippen LogP contribution in [-0.4, -0.2) is 26.8 Å². The average Bonchev–Trinajstić information content (AvgIpc) is 3.24. The van der Waals surface area contributed by atoms with E-state index in [1.807, 2.05) is 0 Å². The third-order valence-electron chi connectivity index (χ3n) is 3.99. The lowest BCUT2D eigenvalue weighted by molar-refractivity contribution is 0.459. The molecule has 3 rings (SSSR count). The molecule has 5 heteroatoms. The molecule has 0 spiro atoms. The van der Waals surface area contributed by atoms with E-state index in [4.69, 9.17) is 0 Å². The quantitative estimate of drug-likeness (QED) is 0.925. The fourth-order valence-electron chi connectivity index (χ4n) is 2.70. The van der Waals surface area contributed by atoms with Crippen LogP contribution in [0.2, 0.25) is 0 Å². The van der Waals surface area contributed by atoms with Crippen LogP contribution >= 0.6 is 0 Å². The molecule has 1 aliphatic heterocycles. The highest BCUT2D eigenvalue weighted by Crippen LogP contribution is 2.35. The minimum absolute atomic E-state index is 0.123. The first-order valence-electron chi connectivity index (χ1n) is 6.83. The zero-order chi connectivity index (χ0) is 13.5. The Bertz CT molecular complexity index is 575. The summed E-state index contributed by atoms with van der Waals surface area (Å²) in [7, 11) is -3.43. The minimum atomic E-state index is -3.43. The number of nitrogens with one attached hydrogen (secondary N) is 1. The lowest BCUT2D eigenvalue weighted by Crippen LogP contribution is -2.28. The van der Waals surface area contributed by atoms with Crippen LogP contribution in [0.4, 0.5) is 4.39 Å². The Morgan fingerprint density at radius 2 is 2.00 bits per heavy atom. The molecular formula is C14H18FNO2S. The van der Waals surface area contributed by atoms with Crippen molar-refractivity contribution in [1.29, 1.82) is 0 Å². The fraction of sp³-hybridized carbons (Fsp3) is 0.571. The molecule has 0 radical (unpaired) electrons. The predicted molar refractivity (Wildman–Crippen MR) is 71.5 cm³/mol. The second-order valence-electron chi connectivity index (χ2n) is 5.48. The summed E-state index contributed by atoms with van der Waals surface area (Å²) in [5.41, 5.74) is 0.902. The monoisotopic (exact) mass is 283 g/mol. The van der Waals surface area contributed by atoms with E-state index in [0.717, 1.165) is 31.5 Å². The van der Waals surface area contributed by atoms with Gasteiger partial charge in [-0.1, -0.05) is 6.07 Å². The van der Waals surface area contributed by atoms with Crippen molar-refractivity contribution in [3.63, 3.8) is 0 Å². The second-order valence-corrected chi connectivity index (χ2v) is 7.67. The molecule has 1 unspecified atom stereocenters. The maximum absolute atomic E-state index is 14.1. The van der Waals surface area contributed by atoms with E-state index < -0.39 is 15.7 Å². The SMILES string of the molecule is O=S(=O)(c1ccc(C2CCCNC2)cc1F)C1CC1. The molecule has 0 amide bonds. The van der Waals surface area contributed by atoms with E-state index in [2.05, 4.69) is 5.32 Å². The van der Waals surface area contributed by atoms with Gasteiger partial charge in [0.15, 0.2) is 9.84 Å². The molecule has 1 aromatic carbocycles. The summed E-state index contributed by atoms with van der Waals surface area (Å²) in [5.74, 6) is -0.295. The first kappa shape index (κ1) is 13.1. The Hall–Kier alpha value is -0.940. The van der Waals surface area contributed by atoms with Crippen LogP contribution in [0.25, 0.3) is 0 Å². The summed E-state index contributed by atoms with van der Waals surface area (Å²) in [4.78, 5) is -0.123. The van der Waals surface area contributed by atoms with Gasteiger partial charge in [-0.2, -0.15) is 0 Å². The van der Waals surface area contributed by atoms with Crippen molar-refractivity contribution in [1.82, 2.24) is 5.32 Å². The van der Waals surface area contributed by atoms with Gasteiger partial charge in [0, 0.05) is 6.54 Å². The van der Waals surface area contributed by atoms with Crippen molar-refractivity contribution in [2.24, 2.45) is 0 Å². The first-order valence-corrected chi connectivity index (χ1v) is 8.38. The van der Waals surface area contributed by atoms with Gasteiger partial charge in [-0.3, -0.25) is 0 Å². The van der Waals surface area contributed by atoms with E-state index in [1.54, 1.807) is 6.07 Å². The van der Waals surface area contributed by atoms with E-state index >= 15 is 0 Å². The molecule has 1 N–H and O–H groups in total. The molecule has 1 saturated heterocycles. The third-order valence-corrected chi connectivity index (χ3v) is 6.29. The van der Waals surface area contributed by atoms with Gasteiger partial charge in [0.25, 0.3) is 0 Å². The Balaban J connectivity index is 1.89. The largest absolute Gasteiger partial charge is 0.316 e. The van der Waals surface area contributed by atoms with Gasteiger partial charge in [-0.25, -0.2) is 12.8 Å². The van der Waals surface area contributed by atoms with Crippen LogP contribution in [0.5, 0.6) is 0 Å². The molecule has 2 aliphatic rings. The topological polar surface area (TPSA) is 46.2 Å². The van der Waals surface area contributed by atoms with Gasteiger partial charge in [0.1, 0.15) is 10.7 Å². The molecule has 19 heavy (non-hydrogen) atoms. The van der Waals surface area contributed by atoms with Crippen molar-refractivity contribution < 1.29 is 12.8 Å². The Morgan fingerprint density at radius 1 is 1.21 bits per heavy atom. The van der Waals surface area contributed by atoms with E-state index in [-0.39, 0.29) is 10.1 Å². The maximum Gasteiger partial charge on any atom is 0.184 e. The predicted octanol–water partition coefficient (Wildman–Crippen LogP) is 2.23. The molecule has 3 nitrogen and oxygen atoms in total. The smallest absolute Gasteiger partial charge is 0.184 e. The zero-order valence-corrected chi connectivity index (χ0v) is 11.5. The summed E-state index contributed by atoms with van der Waals surface area (Å²) in [5, 5.41) is 2.93. The Morgan fingerprint density at radius 3 is 2.58 bits per heavy atom. The van der Waals surface area contributed by atoms with Crippen molar-refractivity contribution >= 4 is 9.84 Å². The number of hydrogen-bond acceptors (Lipinski definition) is 3. The summed E-state index contributed by atoms with van der Waals surface area (Å²) in [6.45, 7) is 1.85. The standard InChI is InChI=1S/C14H18FNO2S/c15-13-8-10(11-2-1-7-16-9-11)3-6-14(13)19(17,18)12-4-5-12/h3,6,8,11-12,16H,1-2,4-5,7,9H2. The number of sulfone groups is 1. The van der Waals surface area contributed by atoms with E-state index in [1.165, 1.54) is 12.1 Å². The second kappa shape index (κ2) is 4.87. The molecule has 1 saturated carbocycles. The number of hydrogen-bond donors (Lipinski definition) is 1. The van der Waals surface area contributed by atoms with Gasteiger partial charge in [-0.15, -0.1) is 0 Å². The summed E-state index contributed by atoms with van der Waals surface area (Å²) in [6, 6.07) is 4.63. The number of benzene rings is 1. The van der Waals surface area contributed by atoms with Crippen molar-refractivity contribution in [2.75, 3.05) is 13.1 Å². The summed E-state index contributed by atoms with van der Waals surface area (Å²) >= 11 is 0. The zero-order valence-electron chi connectivity index (χ0n) is 10.7. The molecule has 104 valence electrons. The minimum Gasteiger partial charge on any atom is -0.316 e. The summed E-state index contributed by atoms with van der Waals surface area (Å²) < 4.78 is 38.2. The fourth-order valence-corrected chi connectivity index (χ4v) is 4.40. The van der Waals surface area contributed by atoms with Crippen LogP contribution in [0.1, 0.15) is 37.2 Å². The molecule has 0 aromatic heterocycles. The summed E-state index contributed by atoms with van der Waals surface area (Å²) in [6.07, 6.45) is 3.43. The van der Waals surface area contributed by atoms with Gasteiger partial charge in [0.2, 0.25) is 0 Å². The van der Waals surface area contributed by atoms with Crippen molar-refractivity contribution in [2.45, 2.75) is 41.7 Å². The number of rotatable bonds is 3. The number of halogens is 1. The Labute approximate surface area is 113 Å². The maximum atomic E-state index is 14.1. The average molecular weight is 283 g/mol. The van der Waals surface area contributed by atoms with Gasteiger partial charge in [-0.05, 0) is 55.8 Å². The van der Waals surface area contributed by atoms with Gasteiger partial charge >= 0.3 is 0 Å². The molecule has 2 fully saturated rings. The van der Waals surface area contributed by atoms with Crippen LogP contribution in [0, 0.1) is 5.82 Å². The van der Waals surface area contributed by atoms with E-state index in [0.29, 0.717) is 18.8 Å². The molecule has 1 atom stereocenters. The molecule has 1 heterocycles. The van der Waals surface area contributed by atoms with E-state index in [9.17, 15) is 12.8 Å². The number of piperidine rings is 1. The first-order chi connectivity index (χ1) is 9.09. The van der Waals surface area contributed by atoms with Gasteiger partial charge in [0.05, 0.1) is 5.25 Å². The van der Waals surface area contributed by atoms with Crippen molar-refractivity contribution in [3.05, 3.63) is 29.6 Å². The van der Waals surface area contributed by atoms with Crippen LogP contribution in [0.15, 0.2) is 23.1 Å². The van der Waals surface area contributed by atoms with Crippen LogP contribution in [0.3, 0.4) is 0 Å². The molecule has 1 aliphatic carbocycles. The van der Waals surface area contributed by atoms with Gasteiger partial charge < -0.3 is 5.32 Å². The lowest BCUT2D eigenvalue weighted by Gasteiger charge is -2.23. The lowest BCUT2D eigenvalue weighted by atomic mass is 9.92. The van der Waals surface area contributed by atoms with Crippen molar-refractivity contribution in [3.8, 4) is 0 Å². The highest BCUT2D eigenvalue weighted by atomic mass is 32.2. The van der Waals surface area contributed by atoms with Crippen LogP contribution in [-0.2, 0) is 9.84 Å². The van der Waals surface area contributed by atoms with Crippen LogP contribution < -0.4 is 5.32 Å².